The summed E-state index contributed by atoms with van der Waals surface area (Å²) >= 11 is 6.55. The monoisotopic (exact) mass is 430 g/mol. The van der Waals surface area contributed by atoms with E-state index >= 15 is 0 Å². The SMILES string of the molecule is O=C(CC1Sc2ccccc2NC1=O)NNC(=S)NCc1ccc2c(c1)OCO2. The number of para-hydroxylation sites is 1. The normalized spacial score (nSPS) is 16.4. The molecular weight excluding hydrogens is 412 g/mol. The van der Waals surface area contributed by atoms with E-state index in [1.165, 1.54) is 11.8 Å². The minimum Gasteiger partial charge on any atom is -0.454 e. The number of thioether (sulfide) groups is 1. The second-order valence-electron chi connectivity index (χ2n) is 6.34. The first-order valence-electron chi connectivity index (χ1n) is 8.86. The molecule has 0 spiro atoms. The van der Waals surface area contributed by atoms with Crippen molar-refractivity contribution < 1.29 is 19.1 Å². The fraction of sp³-hybridized carbons (Fsp3) is 0.211. The number of benzene rings is 2. The number of thiocarbonyl (C=S) groups is 1. The van der Waals surface area contributed by atoms with Gasteiger partial charge in [0.05, 0.1) is 10.9 Å². The molecule has 0 saturated carbocycles. The van der Waals surface area contributed by atoms with E-state index < -0.39 is 5.25 Å². The Balaban J connectivity index is 1.21. The first-order chi connectivity index (χ1) is 14.1. The molecule has 0 bridgehead atoms. The number of anilines is 1. The molecule has 1 unspecified atom stereocenters. The smallest absolute Gasteiger partial charge is 0.240 e. The summed E-state index contributed by atoms with van der Waals surface area (Å²) in [4.78, 5) is 25.3. The highest BCUT2D eigenvalue weighted by molar-refractivity contribution is 8.01. The Kier molecular flexibility index (Phi) is 5.72. The van der Waals surface area contributed by atoms with E-state index in [9.17, 15) is 9.59 Å². The lowest BCUT2D eigenvalue weighted by Crippen LogP contribution is -2.47. The second-order valence-corrected chi connectivity index (χ2v) is 7.99. The standard InChI is InChI=1S/C19H18N4O4S2/c24-17(8-16-18(25)21-12-3-1-2-4-15(12)29-16)22-23-19(28)20-9-11-5-6-13-14(7-11)27-10-26-13/h1-7,16H,8-10H2,(H,21,25)(H,22,24)(H2,20,23,28). The van der Waals surface area contributed by atoms with Crippen LogP contribution in [0.3, 0.4) is 0 Å². The van der Waals surface area contributed by atoms with Gasteiger partial charge in [0.15, 0.2) is 16.6 Å². The quantitative estimate of drug-likeness (QED) is 0.431. The molecule has 2 aliphatic rings. The zero-order valence-electron chi connectivity index (χ0n) is 15.2. The molecule has 0 aliphatic carbocycles. The summed E-state index contributed by atoms with van der Waals surface area (Å²) in [6.07, 6.45) is 0.0304. The lowest BCUT2D eigenvalue weighted by atomic mass is 10.2. The maximum absolute atomic E-state index is 12.2. The molecule has 8 nitrogen and oxygen atoms in total. The predicted molar refractivity (Wildman–Crippen MR) is 113 cm³/mol. The number of hydrogen-bond acceptors (Lipinski definition) is 6. The third-order valence-electron chi connectivity index (χ3n) is 4.28. The van der Waals surface area contributed by atoms with Gasteiger partial charge in [-0.15, -0.1) is 11.8 Å². The van der Waals surface area contributed by atoms with Gasteiger partial charge in [-0.1, -0.05) is 18.2 Å². The Bertz CT molecular complexity index is 969. The van der Waals surface area contributed by atoms with E-state index in [1.54, 1.807) is 0 Å². The number of ether oxygens (including phenoxy) is 2. The van der Waals surface area contributed by atoms with Crippen molar-refractivity contribution in [2.75, 3.05) is 12.1 Å². The Morgan fingerprint density at radius 3 is 2.90 bits per heavy atom. The maximum Gasteiger partial charge on any atom is 0.240 e. The highest BCUT2D eigenvalue weighted by Crippen LogP contribution is 2.36. The number of hydrogen-bond donors (Lipinski definition) is 4. The molecule has 1 atom stereocenters. The van der Waals surface area contributed by atoms with Crippen LogP contribution in [0, 0.1) is 0 Å². The molecule has 0 aromatic heterocycles. The number of rotatable bonds is 4. The predicted octanol–water partition coefficient (Wildman–Crippen LogP) is 1.91. The second kappa shape index (κ2) is 8.58. The van der Waals surface area contributed by atoms with Gasteiger partial charge in [-0.05, 0) is 42.0 Å². The van der Waals surface area contributed by atoms with Gasteiger partial charge in [0.1, 0.15) is 0 Å². The van der Waals surface area contributed by atoms with Crippen molar-refractivity contribution in [3.8, 4) is 11.5 Å². The van der Waals surface area contributed by atoms with E-state index in [-0.39, 0.29) is 30.1 Å². The molecule has 2 amide bonds. The first kappa shape index (κ1) is 19.3. The van der Waals surface area contributed by atoms with Crippen LogP contribution in [0.5, 0.6) is 11.5 Å². The third-order valence-corrected chi connectivity index (χ3v) is 5.80. The average molecular weight is 431 g/mol. The van der Waals surface area contributed by atoms with Crippen LogP contribution in [-0.4, -0.2) is 29.0 Å². The van der Waals surface area contributed by atoms with E-state index in [0.717, 1.165) is 16.1 Å². The van der Waals surface area contributed by atoms with Gasteiger partial charge in [-0.3, -0.25) is 20.4 Å². The minimum absolute atomic E-state index is 0.0304. The topological polar surface area (TPSA) is 101 Å². The maximum atomic E-state index is 12.2. The molecular formula is C19H18N4O4S2. The van der Waals surface area contributed by atoms with Crippen LogP contribution in [0.15, 0.2) is 47.4 Å². The van der Waals surface area contributed by atoms with Crippen molar-refractivity contribution in [2.24, 2.45) is 0 Å². The fourth-order valence-electron chi connectivity index (χ4n) is 2.85. The first-order valence-corrected chi connectivity index (χ1v) is 10.1. The zero-order valence-corrected chi connectivity index (χ0v) is 16.8. The average Bonchev–Trinajstić information content (AvgIpc) is 3.19. The van der Waals surface area contributed by atoms with Gasteiger partial charge >= 0.3 is 0 Å². The van der Waals surface area contributed by atoms with Crippen LogP contribution in [0.1, 0.15) is 12.0 Å². The lowest BCUT2D eigenvalue weighted by Gasteiger charge is -2.23. The number of hydrazine groups is 1. The number of carbonyl (C=O) groups is 2. The third kappa shape index (κ3) is 4.72. The largest absolute Gasteiger partial charge is 0.454 e. The van der Waals surface area contributed by atoms with Crippen molar-refractivity contribution in [1.29, 1.82) is 0 Å². The van der Waals surface area contributed by atoms with E-state index in [4.69, 9.17) is 21.7 Å². The summed E-state index contributed by atoms with van der Waals surface area (Å²) in [7, 11) is 0. The fourth-order valence-corrected chi connectivity index (χ4v) is 4.08. The lowest BCUT2D eigenvalue weighted by molar-refractivity contribution is -0.124. The molecule has 2 aromatic rings. The summed E-state index contributed by atoms with van der Waals surface area (Å²) in [6, 6.07) is 13.1. The van der Waals surface area contributed by atoms with Crippen molar-refractivity contribution >= 4 is 46.6 Å². The van der Waals surface area contributed by atoms with E-state index in [0.29, 0.717) is 18.0 Å². The van der Waals surface area contributed by atoms with Gasteiger partial charge < -0.3 is 20.1 Å². The Hall–Kier alpha value is -2.98. The summed E-state index contributed by atoms with van der Waals surface area (Å²) in [5, 5.41) is 5.58. The van der Waals surface area contributed by atoms with Gasteiger partial charge in [-0.2, -0.15) is 0 Å². The molecule has 4 rings (SSSR count). The molecule has 2 heterocycles. The van der Waals surface area contributed by atoms with Gasteiger partial charge in [0, 0.05) is 17.9 Å². The molecule has 150 valence electrons. The van der Waals surface area contributed by atoms with Crippen LogP contribution >= 0.6 is 24.0 Å². The Labute approximate surface area is 176 Å². The molecule has 0 fully saturated rings. The number of amides is 2. The minimum atomic E-state index is -0.498. The highest BCUT2D eigenvalue weighted by atomic mass is 32.2. The molecule has 4 N–H and O–H groups in total. The van der Waals surface area contributed by atoms with Gasteiger partial charge in [-0.25, -0.2) is 0 Å². The van der Waals surface area contributed by atoms with E-state index in [1.807, 2.05) is 42.5 Å². The summed E-state index contributed by atoms with van der Waals surface area (Å²) in [6.45, 7) is 0.678. The van der Waals surface area contributed by atoms with Crippen LogP contribution in [0.4, 0.5) is 5.69 Å². The van der Waals surface area contributed by atoms with Crippen LogP contribution in [0.25, 0.3) is 0 Å². The summed E-state index contributed by atoms with van der Waals surface area (Å²) < 4.78 is 10.6. The van der Waals surface area contributed by atoms with Crippen molar-refractivity contribution in [3.05, 3.63) is 48.0 Å². The molecule has 10 heteroatoms. The highest BCUT2D eigenvalue weighted by Gasteiger charge is 2.28. The van der Waals surface area contributed by atoms with Gasteiger partial charge in [0.25, 0.3) is 0 Å². The summed E-state index contributed by atoms with van der Waals surface area (Å²) in [5.41, 5.74) is 6.90. The number of nitrogens with one attached hydrogen (secondary N) is 4. The number of carbonyl (C=O) groups excluding carboxylic acids is 2. The van der Waals surface area contributed by atoms with Crippen LogP contribution < -0.4 is 31.0 Å². The van der Waals surface area contributed by atoms with E-state index in [2.05, 4.69) is 21.5 Å². The zero-order chi connectivity index (χ0) is 20.2. The van der Waals surface area contributed by atoms with Crippen LogP contribution in [0.2, 0.25) is 0 Å². The van der Waals surface area contributed by atoms with Crippen LogP contribution in [-0.2, 0) is 16.1 Å². The molecule has 0 radical (unpaired) electrons. The van der Waals surface area contributed by atoms with Gasteiger partial charge in [0.2, 0.25) is 18.6 Å². The Morgan fingerprint density at radius 1 is 1.17 bits per heavy atom. The molecule has 2 aromatic carbocycles. The molecule has 0 saturated heterocycles. The van der Waals surface area contributed by atoms with Crippen molar-refractivity contribution in [1.82, 2.24) is 16.2 Å². The number of fused-ring (bicyclic) bond motifs is 2. The van der Waals surface area contributed by atoms with Crippen molar-refractivity contribution in [2.45, 2.75) is 23.1 Å². The van der Waals surface area contributed by atoms with Crippen molar-refractivity contribution in [3.63, 3.8) is 0 Å². The molecule has 2 aliphatic heterocycles. The summed E-state index contributed by atoms with van der Waals surface area (Å²) in [5.74, 6) is 0.895. The Morgan fingerprint density at radius 2 is 2.00 bits per heavy atom. The molecule has 29 heavy (non-hydrogen) atoms.